The van der Waals surface area contributed by atoms with E-state index in [4.69, 9.17) is 21.1 Å². The van der Waals surface area contributed by atoms with Crippen molar-refractivity contribution in [2.75, 3.05) is 19.8 Å². The molecule has 1 atom stereocenters. The van der Waals surface area contributed by atoms with Gasteiger partial charge in [0.15, 0.2) is 0 Å². The summed E-state index contributed by atoms with van der Waals surface area (Å²) >= 11 is 8.29. The van der Waals surface area contributed by atoms with E-state index >= 15 is 0 Å². The Bertz CT molecular complexity index is 581. The Labute approximate surface area is 130 Å². The number of halogens is 2. The van der Waals surface area contributed by atoms with Crippen LogP contribution in [0.2, 0.25) is 0 Å². The van der Waals surface area contributed by atoms with Crippen LogP contribution in [0, 0.1) is 3.57 Å². The lowest BCUT2D eigenvalue weighted by atomic mass is 10.3. The van der Waals surface area contributed by atoms with Gasteiger partial charge in [-0.15, -0.1) is 11.6 Å². The van der Waals surface area contributed by atoms with Gasteiger partial charge in [0.05, 0.1) is 49.4 Å². The average molecular weight is 393 g/mol. The third kappa shape index (κ3) is 2.89. The first-order valence-corrected chi connectivity index (χ1v) is 7.79. The Morgan fingerprint density at radius 1 is 1.42 bits per heavy atom. The lowest BCUT2D eigenvalue weighted by molar-refractivity contribution is -0.0934. The number of benzene rings is 1. The molecular weight excluding hydrogens is 379 g/mol. The summed E-state index contributed by atoms with van der Waals surface area (Å²) in [5, 5.41) is 0. The van der Waals surface area contributed by atoms with Crippen molar-refractivity contribution in [1.29, 1.82) is 0 Å². The lowest BCUT2D eigenvalue weighted by Crippen LogP contribution is -2.32. The predicted octanol–water partition coefficient (Wildman–Crippen LogP) is 2.80. The largest absolute Gasteiger partial charge is 0.376 e. The van der Waals surface area contributed by atoms with E-state index in [-0.39, 0.29) is 6.10 Å². The topological polar surface area (TPSA) is 36.3 Å². The maximum absolute atomic E-state index is 6.00. The van der Waals surface area contributed by atoms with Crippen LogP contribution in [0.3, 0.4) is 0 Å². The first-order valence-electron chi connectivity index (χ1n) is 6.18. The van der Waals surface area contributed by atoms with Crippen molar-refractivity contribution < 1.29 is 9.47 Å². The minimum Gasteiger partial charge on any atom is -0.376 e. The molecule has 2 aromatic rings. The van der Waals surface area contributed by atoms with Crippen LogP contribution >= 0.6 is 34.2 Å². The summed E-state index contributed by atoms with van der Waals surface area (Å²) in [4.78, 5) is 4.59. The number of nitrogens with zero attached hydrogens (tertiary/aromatic N) is 2. The van der Waals surface area contributed by atoms with Gasteiger partial charge in [-0.2, -0.15) is 0 Å². The molecule has 0 bridgehead atoms. The van der Waals surface area contributed by atoms with E-state index in [1.165, 1.54) is 3.57 Å². The van der Waals surface area contributed by atoms with Crippen molar-refractivity contribution in [1.82, 2.24) is 9.55 Å². The third-order valence-corrected chi connectivity index (χ3v) is 4.09. The number of aromatic nitrogens is 2. The molecule has 1 saturated heterocycles. The van der Waals surface area contributed by atoms with Gasteiger partial charge in [-0.05, 0) is 40.8 Å². The molecule has 1 aromatic heterocycles. The molecule has 4 nitrogen and oxygen atoms in total. The average Bonchev–Trinajstić information content (AvgIpc) is 2.77. The number of hydrogen-bond acceptors (Lipinski definition) is 3. The maximum atomic E-state index is 6.00. The van der Waals surface area contributed by atoms with Crippen LogP contribution in [0.1, 0.15) is 5.82 Å². The normalized spacial score (nSPS) is 20.0. The van der Waals surface area contributed by atoms with E-state index in [0.717, 1.165) is 23.4 Å². The van der Waals surface area contributed by atoms with Crippen molar-refractivity contribution in [2.24, 2.45) is 0 Å². The molecule has 1 unspecified atom stereocenters. The van der Waals surface area contributed by atoms with Gasteiger partial charge >= 0.3 is 0 Å². The zero-order valence-corrected chi connectivity index (χ0v) is 13.2. The van der Waals surface area contributed by atoms with Crippen LogP contribution in [0.25, 0.3) is 11.0 Å². The summed E-state index contributed by atoms with van der Waals surface area (Å²) in [7, 11) is 0. The molecule has 3 rings (SSSR count). The molecule has 0 aliphatic carbocycles. The number of fused-ring (bicyclic) bond motifs is 1. The van der Waals surface area contributed by atoms with Crippen molar-refractivity contribution in [2.45, 2.75) is 18.5 Å². The zero-order valence-electron chi connectivity index (χ0n) is 10.3. The number of rotatable bonds is 3. The van der Waals surface area contributed by atoms with Gasteiger partial charge in [0.25, 0.3) is 0 Å². The van der Waals surface area contributed by atoms with E-state index in [1.54, 1.807) is 0 Å². The van der Waals surface area contributed by atoms with Crippen LogP contribution in [0.15, 0.2) is 18.2 Å². The number of hydrogen-bond donors (Lipinski definition) is 0. The predicted molar refractivity (Wildman–Crippen MR) is 82.6 cm³/mol. The molecule has 0 amide bonds. The van der Waals surface area contributed by atoms with Gasteiger partial charge in [-0.3, -0.25) is 0 Å². The molecule has 0 saturated carbocycles. The van der Waals surface area contributed by atoms with Gasteiger partial charge in [-0.1, -0.05) is 0 Å². The molecule has 1 aromatic carbocycles. The number of imidazole rings is 1. The monoisotopic (exact) mass is 392 g/mol. The summed E-state index contributed by atoms with van der Waals surface area (Å²) in [5.41, 5.74) is 2.09. The molecule has 1 aliphatic heterocycles. The summed E-state index contributed by atoms with van der Waals surface area (Å²) in [5.74, 6) is 1.28. The molecular formula is C13H14ClIN2O2. The van der Waals surface area contributed by atoms with Gasteiger partial charge in [0.1, 0.15) is 5.82 Å². The summed E-state index contributed by atoms with van der Waals surface area (Å²) < 4.78 is 14.5. The van der Waals surface area contributed by atoms with Crippen LogP contribution in [0.5, 0.6) is 0 Å². The van der Waals surface area contributed by atoms with Crippen LogP contribution < -0.4 is 0 Å². The molecule has 2 heterocycles. The van der Waals surface area contributed by atoms with Gasteiger partial charge < -0.3 is 14.0 Å². The fourth-order valence-corrected chi connectivity index (χ4v) is 2.98. The minimum atomic E-state index is 0.0763. The van der Waals surface area contributed by atoms with Gasteiger partial charge in [0, 0.05) is 3.57 Å². The van der Waals surface area contributed by atoms with Crippen LogP contribution in [-0.2, 0) is 21.9 Å². The second-order valence-electron chi connectivity index (χ2n) is 4.47. The Morgan fingerprint density at radius 2 is 2.32 bits per heavy atom. The summed E-state index contributed by atoms with van der Waals surface area (Å²) in [6.07, 6.45) is 0.0763. The van der Waals surface area contributed by atoms with Crippen molar-refractivity contribution in [3.05, 3.63) is 27.6 Å². The molecule has 1 aliphatic rings. The Hall–Kier alpha value is -0.370. The highest BCUT2D eigenvalue weighted by Crippen LogP contribution is 2.21. The van der Waals surface area contributed by atoms with E-state index in [1.807, 2.05) is 0 Å². The van der Waals surface area contributed by atoms with E-state index in [2.05, 4.69) is 50.3 Å². The Kier molecular flexibility index (Phi) is 4.26. The lowest BCUT2D eigenvalue weighted by Gasteiger charge is -2.24. The second-order valence-corrected chi connectivity index (χ2v) is 5.99. The highest BCUT2D eigenvalue weighted by molar-refractivity contribution is 14.1. The Balaban J connectivity index is 1.95. The van der Waals surface area contributed by atoms with Gasteiger partial charge in [-0.25, -0.2) is 4.98 Å². The second kappa shape index (κ2) is 5.95. The SMILES string of the molecule is ClCc1nc2cc(I)ccc2n1CC1COCCO1. The summed E-state index contributed by atoms with van der Waals surface area (Å²) in [6.45, 7) is 2.71. The fraction of sp³-hybridized carbons (Fsp3) is 0.462. The van der Waals surface area contributed by atoms with E-state index in [9.17, 15) is 0 Å². The highest BCUT2D eigenvalue weighted by Gasteiger charge is 2.18. The fourth-order valence-electron chi connectivity index (χ4n) is 2.30. The minimum absolute atomic E-state index is 0.0763. The first-order chi connectivity index (χ1) is 9.28. The van der Waals surface area contributed by atoms with Crippen molar-refractivity contribution in [3.63, 3.8) is 0 Å². The third-order valence-electron chi connectivity index (χ3n) is 3.18. The molecule has 19 heavy (non-hydrogen) atoms. The van der Waals surface area contributed by atoms with Crippen LogP contribution in [0.4, 0.5) is 0 Å². The first kappa shape index (κ1) is 13.6. The van der Waals surface area contributed by atoms with E-state index < -0.39 is 0 Å². The molecule has 0 radical (unpaired) electrons. The molecule has 102 valence electrons. The summed E-state index contributed by atoms with van der Waals surface area (Å²) in [6, 6.07) is 6.24. The Morgan fingerprint density at radius 3 is 3.05 bits per heavy atom. The van der Waals surface area contributed by atoms with Crippen molar-refractivity contribution in [3.8, 4) is 0 Å². The molecule has 6 heteroatoms. The van der Waals surface area contributed by atoms with Crippen LogP contribution in [-0.4, -0.2) is 35.5 Å². The van der Waals surface area contributed by atoms with E-state index in [0.29, 0.717) is 25.7 Å². The standard InChI is InChI=1S/C13H14ClIN2O2/c14-6-13-16-11-5-9(15)1-2-12(11)17(13)7-10-8-18-3-4-19-10/h1-2,5,10H,3-4,6-8H2. The van der Waals surface area contributed by atoms with Crippen molar-refractivity contribution >= 4 is 45.2 Å². The maximum Gasteiger partial charge on any atom is 0.124 e. The molecule has 0 N–H and O–H groups in total. The number of alkyl halides is 1. The highest BCUT2D eigenvalue weighted by atomic mass is 127. The zero-order chi connectivity index (χ0) is 13.2. The quantitative estimate of drug-likeness (QED) is 0.595. The van der Waals surface area contributed by atoms with Gasteiger partial charge in [0.2, 0.25) is 0 Å². The molecule has 1 fully saturated rings. The smallest absolute Gasteiger partial charge is 0.124 e. The number of ether oxygens (including phenoxy) is 2. The molecule has 0 spiro atoms.